The van der Waals surface area contributed by atoms with Crippen molar-refractivity contribution in [3.05, 3.63) is 59.2 Å². The number of hydrogen-bond donors (Lipinski definition) is 4. The number of hydrogen-bond acceptors (Lipinski definition) is 4. The number of imidazole rings is 2. The van der Waals surface area contributed by atoms with Crippen LogP contribution in [0.1, 0.15) is 76.4 Å². The van der Waals surface area contributed by atoms with Crippen LogP contribution >= 0.6 is 0 Å². The average Bonchev–Trinajstić information content (AvgIpc) is 3.32. The zero-order valence-electron chi connectivity index (χ0n) is 19.7. The van der Waals surface area contributed by atoms with Crippen LogP contribution in [0.3, 0.4) is 0 Å². The van der Waals surface area contributed by atoms with Gasteiger partial charge in [0, 0.05) is 11.1 Å². The molecule has 0 saturated carbocycles. The molecule has 0 aliphatic carbocycles. The lowest BCUT2D eigenvalue weighted by Gasteiger charge is -2.24. The van der Waals surface area contributed by atoms with Crippen LogP contribution < -0.4 is 11.5 Å². The van der Waals surface area contributed by atoms with Crippen LogP contribution in [0.5, 0.6) is 0 Å². The van der Waals surface area contributed by atoms with Crippen LogP contribution in [0, 0.1) is 22.7 Å². The Balaban J connectivity index is 1.61. The largest absolute Gasteiger partial charge is 0.341 e. The number of H-pyrrole nitrogens is 2. The molecule has 166 valence electrons. The van der Waals surface area contributed by atoms with Gasteiger partial charge in [0.2, 0.25) is 0 Å². The molecule has 32 heavy (non-hydrogen) atoms. The van der Waals surface area contributed by atoms with E-state index in [2.05, 4.69) is 73.3 Å². The Kier molecular flexibility index (Phi) is 5.36. The molecule has 0 bridgehead atoms. The van der Waals surface area contributed by atoms with E-state index in [1.807, 2.05) is 36.4 Å². The number of nitrogens with zero attached hydrogens (tertiary/aromatic N) is 2. The fourth-order valence-corrected chi connectivity index (χ4v) is 3.47. The minimum absolute atomic E-state index is 0.0709. The summed E-state index contributed by atoms with van der Waals surface area (Å²) in [4.78, 5) is 16.0. The van der Waals surface area contributed by atoms with Gasteiger partial charge in [0.05, 0.1) is 34.2 Å². The zero-order chi connectivity index (χ0) is 23.3. The van der Waals surface area contributed by atoms with Crippen molar-refractivity contribution in [1.29, 1.82) is 0 Å². The van der Waals surface area contributed by atoms with Crippen molar-refractivity contribution in [2.24, 2.45) is 22.3 Å². The molecular formula is C26H32N6. The summed E-state index contributed by atoms with van der Waals surface area (Å²) in [5, 5.41) is 0. The van der Waals surface area contributed by atoms with E-state index in [-0.39, 0.29) is 22.9 Å². The molecular weight excluding hydrogens is 396 g/mol. The molecule has 0 fully saturated rings. The fraction of sp³-hybridized carbons (Fsp3) is 0.385. The average molecular weight is 429 g/mol. The molecule has 2 heterocycles. The van der Waals surface area contributed by atoms with Crippen molar-refractivity contribution >= 4 is 22.1 Å². The van der Waals surface area contributed by atoms with Crippen molar-refractivity contribution in [3.8, 4) is 11.8 Å². The number of aromatic amines is 2. The van der Waals surface area contributed by atoms with E-state index < -0.39 is 0 Å². The maximum atomic E-state index is 6.36. The Bertz CT molecular complexity index is 1230. The van der Waals surface area contributed by atoms with Crippen LogP contribution in [0.2, 0.25) is 0 Å². The Labute approximate surface area is 189 Å². The minimum atomic E-state index is -0.165. The van der Waals surface area contributed by atoms with Gasteiger partial charge in [-0.25, -0.2) is 9.97 Å². The molecule has 2 aromatic heterocycles. The molecule has 6 nitrogen and oxygen atoms in total. The van der Waals surface area contributed by atoms with Crippen molar-refractivity contribution in [2.75, 3.05) is 0 Å². The Hall–Kier alpha value is -3.14. The second kappa shape index (κ2) is 7.77. The highest BCUT2D eigenvalue weighted by atomic mass is 15.0. The summed E-state index contributed by atoms with van der Waals surface area (Å²) in [5.74, 6) is 8.10. The van der Waals surface area contributed by atoms with E-state index in [4.69, 9.17) is 11.5 Å². The number of rotatable bonds is 2. The van der Waals surface area contributed by atoms with E-state index in [1.54, 1.807) is 0 Å². The molecule has 4 rings (SSSR count). The topological polar surface area (TPSA) is 109 Å². The lowest BCUT2D eigenvalue weighted by Crippen LogP contribution is -2.27. The van der Waals surface area contributed by atoms with Crippen molar-refractivity contribution in [2.45, 2.75) is 53.6 Å². The summed E-state index contributed by atoms with van der Waals surface area (Å²) in [6.07, 6.45) is 0. The molecule has 0 aliphatic rings. The lowest BCUT2D eigenvalue weighted by atomic mass is 9.87. The molecule has 2 atom stereocenters. The summed E-state index contributed by atoms with van der Waals surface area (Å²) in [6, 6.07) is 11.6. The highest BCUT2D eigenvalue weighted by molar-refractivity contribution is 5.78. The SMILES string of the molecule is CC(C)(C)[C@H](N)c1nc2ccc(C#Cc3ccc4nc([C@@H](N)C(C)(C)C)[nH]c4c3)cc2[nH]1. The first-order valence-electron chi connectivity index (χ1n) is 10.9. The van der Waals surface area contributed by atoms with Crippen molar-refractivity contribution < 1.29 is 0 Å². The number of benzene rings is 2. The third-order valence-electron chi connectivity index (χ3n) is 5.81. The quantitative estimate of drug-likeness (QED) is 0.339. The summed E-state index contributed by atoms with van der Waals surface area (Å²) < 4.78 is 0. The number of aromatic nitrogens is 4. The van der Waals surface area contributed by atoms with Gasteiger partial charge in [0.1, 0.15) is 11.6 Å². The minimum Gasteiger partial charge on any atom is -0.341 e. The van der Waals surface area contributed by atoms with Crippen LogP contribution in [-0.4, -0.2) is 19.9 Å². The van der Waals surface area contributed by atoms with Gasteiger partial charge in [-0.2, -0.15) is 0 Å². The molecule has 0 saturated heterocycles. The second-order valence-electron chi connectivity index (χ2n) is 10.6. The summed E-state index contributed by atoms with van der Waals surface area (Å²) in [7, 11) is 0. The predicted octanol–water partition coefficient (Wildman–Crippen LogP) is 4.93. The monoisotopic (exact) mass is 428 g/mol. The van der Waals surface area contributed by atoms with E-state index >= 15 is 0 Å². The van der Waals surface area contributed by atoms with Crippen LogP contribution in [0.15, 0.2) is 36.4 Å². The van der Waals surface area contributed by atoms with Crippen molar-refractivity contribution in [1.82, 2.24) is 19.9 Å². The summed E-state index contributed by atoms with van der Waals surface area (Å²) in [6.45, 7) is 12.7. The maximum Gasteiger partial charge on any atom is 0.124 e. The molecule has 2 aromatic carbocycles. The van der Waals surface area contributed by atoms with Crippen molar-refractivity contribution in [3.63, 3.8) is 0 Å². The van der Waals surface area contributed by atoms with Gasteiger partial charge in [0.15, 0.2) is 0 Å². The smallest absolute Gasteiger partial charge is 0.124 e. The normalized spacial score (nSPS) is 14.4. The second-order valence-corrected chi connectivity index (χ2v) is 10.6. The molecule has 0 spiro atoms. The van der Waals surface area contributed by atoms with Gasteiger partial charge in [-0.3, -0.25) is 0 Å². The van der Waals surface area contributed by atoms with Crippen LogP contribution in [0.25, 0.3) is 22.1 Å². The first kappa shape index (κ1) is 22.1. The van der Waals surface area contributed by atoms with E-state index in [9.17, 15) is 0 Å². The third-order valence-corrected chi connectivity index (χ3v) is 5.81. The number of nitrogens with two attached hydrogens (primary N) is 2. The standard InChI is InChI=1S/C26H32N6/c1-25(2,3)21(27)23-29-17-11-9-15(13-19(17)31-23)7-8-16-10-12-18-20(14-16)32-24(30-18)22(28)26(4,5)6/h9-14,21-22H,27-28H2,1-6H3,(H,29,31)(H,30,32)/t21-,22-/m1/s1. The van der Waals surface area contributed by atoms with Crippen LogP contribution in [-0.2, 0) is 0 Å². The third kappa shape index (κ3) is 4.40. The van der Waals surface area contributed by atoms with Gasteiger partial charge in [0.25, 0.3) is 0 Å². The zero-order valence-corrected chi connectivity index (χ0v) is 19.7. The molecule has 0 radical (unpaired) electrons. The van der Waals surface area contributed by atoms with Gasteiger partial charge in [-0.05, 0) is 47.2 Å². The molecule has 6 N–H and O–H groups in total. The first-order valence-corrected chi connectivity index (χ1v) is 10.9. The number of nitrogens with one attached hydrogen (secondary N) is 2. The Morgan fingerprint density at radius 1 is 0.688 bits per heavy atom. The van der Waals surface area contributed by atoms with E-state index in [0.717, 1.165) is 44.8 Å². The predicted molar refractivity (Wildman–Crippen MR) is 131 cm³/mol. The van der Waals surface area contributed by atoms with Crippen LogP contribution in [0.4, 0.5) is 0 Å². The number of fused-ring (bicyclic) bond motifs is 2. The lowest BCUT2D eigenvalue weighted by molar-refractivity contribution is 0.317. The first-order chi connectivity index (χ1) is 14.9. The summed E-state index contributed by atoms with van der Waals surface area (Å²) >= 11 is 0. The van der Waals surface area contributed by atoms with E-state index in [0.29, 0.717) is 0 Å². The molecule has 0 amide bonds. The van der Waals surface area contributed by atoms with Gasteiger partial charge in [-0.1, -0.05) is 53.4 Å². The Morgan fingerprint density at radius 2 is 1.06 bits per heavy atom. The van der Waals surface area contributed by atoms with Gasteiger partial charge >= 0.3 is 0 Å². The maximum absolute atomic E-state index is 6.36. The Morgan fingerprint density at radius 3 is 1.41 bits per heavy atom. The molecule has 0 aliphatic heterocycles. The molecule has 4 aromatic rings. The summed E-state index contributed by atoms with van der Waals surface area (Å²) in [5.41, 5.74) is 18.1. The van der Waals surface area contributed by atoms with Gasteiger partial charge < -0.3 is 21.4 Å². The van der Waals surface area contributed by atoms with Gasteiger partial charge in [-0.15, -0.1) is 0 Å². The fourth-order valence-electron chi connectivity index (χ4n) is 3.47. The highest BCUT2D eigenvalue weighted by Crippen LogP contribution is 2.31. The molecule has 6 heteroatoms. The highest BCUT2D eigenvalue weighted by Gasteiger charge is 2.26. The van der Waals surface area contributed by atoms with E-state index in [1.165, 1.54) is 0 Å². The molecule has 0 unspecified atom stereocenters.